The van der Waals surface area contributed by atoms with E-state index in [9.17, 15) is 0 Å². The number of guanidine groups is 1. The molecule has 0 aromatic heterocycles. The highest BCUT2D eigenvalue weighted by Crippen LogP contribution is 2.12. The lowest BCUT2D eigenvalue weighted by atomic mass is 10.1. The quantitative estimate of drug-likeness (QED) is 0.425. The van der Waals surface area contributed by atoms with Gasteiger partial charge in [-0.1, -0.05) is 0 Å². The molecule has 2 atom stereocenters. The molecule has 0 aromatic rings. The van der Waals surface area contributed by atoms with Crippen molar-refractivity contribution in [2.45, 2.75) is 31.5 Å². The molecule has 0 amide bonds. The van der Waals surface area contributed by atoms with Crippen LogP contribution in [0.5, 0.6) is 0 Å². The minimum atomic E-state index is 0. The highest BCUT2D eigenvalue weighted by molar-refractivity contribution is 14.0. The summed E-state index contributed by atoms with van der Waals surface area (Å²) in [4.78, 5) is 6.60. The molecule has 0 spiro atoms. The molecular formula is C14H28IN3O3. The highest BCUT2D eigenvalue weighted by atomic mass is 127. The largest absolute Gasteiger partial charge is 0.382 e. The van der Waals surface area contributed by atoms with Crippen LogP contribution < -0.4 is 5.32 Å². The monoisotopic (exact) mass is 413 g/mol. The second-order valence-electron chi connectivity index (χ2n) is 5.31. The zero-order chi connectivity index (χ0) is 14.2. The third-order valence-corrected chi connectivity index (χ3v) is 3.76. The number of hydrogen-bond acceptors (Lipinski definition) is 4. The summed E-state index contributed by atoms with van der Waals surface area (Å²) in [6, 6.07) is 0. The standard InChI is InChI=1S/C14H27N3O3.HI/c1-15-14(16-9-12-5-3-4-7-19-12)17-6-8-20-13(10-17)11-18-2;/h12-13H,3-11H2,1-2H3,(H,15,16);1H. The van der Waals surface area contributed by atoms with Crippen molar-refractivity contribution in [2.24, 2.45) is 4.99 Å². The average molecular weight is 413 g/mol. The molecule has 1 N–H and O–H groups in total. The van der Waals surface area contributed by atoms with Gasteiger partial charge in [-0.2, -0.15) is 0 Å². The molecule has 7 heteroatoms. The van der Waals surface area contributed by atoms with Gasteiger partial charge >= 0.3 is 0 Å². The van der Waals surface area contributed by atoms with Gasteiger partial charge in [-0.05, 0) is 19.3 Å². The number of aliphatic imine (C=N–C) groups is 1. The summed E-state index contributed by atoms with van der Waals surface area (Å²) in [7, 11) is 3.53. The molecule has 0 aliphatic carbocycles. The van der Waals surface area contributed by atoms with E-state index >= 15 is 0 Å². The van der Waals surface area contributed by atoms with Gasteiger partial charge < -0.3 is 24.4 Å². The Bertz CT molecular complexity index is 310. The van der Waals surface area contributed by atoms with Crippen molar-refractivity contribution in [3.8, 4) is 0 Å². The van der Waals surface area contributed by atoms with Crippen LogP contribution in [0, 0.1) is 0 Å². The molecular weight excluding hydrogens is 385 g/mol. The van der Waals surface area contributed by atoms with Crippen molar-refractivity contribution in [1.29, 1.82) is 0 Å². The van der Waals surface area contributed by atoms with Gasteiger partial charge in [0.25, 0.3) is 0 Å². The van der Waals surface area contributed by atoms with Crippen LogP contribution in [0.4, 0.5) is 0 Å². The summed E-state index contributed by atoms with van der Waals surface area (Å²) in [5, 5.41) is 3.43. The van der Waals surface area contributed by atoms with Gasteiger partial charge in [0.15, 0.2) is 5.96 Å². The first-order valence-corrected chi connectivity index (χ1v) is 7.51. The van der Waals surface area contributed by atoms with E-state index in [0.29, 0.717) is 19.3 Å². The van der Waals surface area contributed by atoms with E-state index < -0.39 is 0 Å². The van der Waals surface area contributed by atoms with Gasteiger partial charge in [0.1, 0.15) is 0 Å². The minimum Gasteiger partial charge on any atom is -0.382 e. The van der Waals surface area contributed by atoms with Gasteiger partial charge in [0.2, 0.25) is 0 Å². The zero-order valence-electron chi connectivity index (χ0n) is 13.0. The van der Waals surface area contributed by atoms with Crippen LogP contribution in [0.15, 0.2) is 4.99 Å². The minimum absolute atomic E-state index is 0. The first kappa shape index (κ1) is 18.9. The van der Waals surface area contributed by atoms with Gasteiger partial charge in [-0.15, -0.1) is 24.0 Å². The van der Waals surface area contributed by atoms with Crippen LogP contribution in [-0.4, -0.2) is 76.7 Å². The van der Waals surface area contributed by atoms with E-state index in [1.165, 1.54) is 12.8 Å². The fourth-order valence-corrected chi connectivity index (χ4v) is 2.70. The Morgan fingerprint density at radius 3 is 2.76 bits per heavy atom. The summed E-state index contributed by atoms with van der Waals surface area (Å²) in [6.07, 6.45) is 4.03. The van der Waals surface area contributed by atoms with E-state index in [2.05, 4.69) is 15.2 Å². The summed E-state index contributed by atoms with van der Waals surface area (Å²) >= 11 is 0. The number of rotatable bonds is 4. The Kier molecular flexibility index (Phi) is 9.54. The SMILES string of the molecule is CN=C(NCC1CCCCO1)N1CCOC(COC)C1.I. The topological polar surface area (TPSA) is 55.3 Å². The fraction of sp³-hybridized carbons (Fsp3) is 0.929. The van der Waals surface area contributed by atoms with E-state index in [-0.39, 0.29) is 30.1 Å². The Balaban J connectivity index is 0.00000220. The molecule has 2 rings (SSSR count). The molecule has 2 saturated heterocycles. The van der Waals surface area contributed by atoms with Crippen LogP contribution >= 0.6 is 24.0 Å². The summed E-state index contributed by atoms with van der Waals surface area (Å²) < 4.78 is 16.6. The lowest BCUT2D eigenvalue weighted by Gasteiger charge is -2.35. The molecule has 6 nitrogen and oxygen atoms in total. The van der Waals surface area contributed by atoms with Crippen LogP contribution in [0.2, 0.25) is 0 Å². The number of methoxy groups -OCH3 is 1. The molecule has 2 aliphatic rings. The molecule has 124 valence electrons. The highest BCUT2D eigenvalue weighted by Gasteiger charge is 2.23. The average Bonchev–Trinajstić information content (AvgIpc) is 2.50. The summed E-state index contributed by atoms with van der Waals surface area (Å²) in [5.41, 5.74) is 0. The Hall–Kier alpha value is -0.120. The summed E-state index contributed by atoms with van der Waals surface area (Å²) in [6.45, 7) is 4.75. The molecule has 21 heavy (non-hydrogen) atoms. The van der Waals surface area contributed by atoms with Gasteiger partial charge in [-0.3, -0.25) is 4.99 Å². The zero-order valence-corrected chi connectivity index (χ0v) is 15.4. The van der Waals surface area contributed by atoms with Crippen LogP contribution in [-0.2, 0) is 14.2 Å². The van der Waals surface area contributed by atoms with Crippen molar-refractivity contribution >= 4 is 29.9 Å². The van der Waals surface area contributed by atoms with Crippen molar-refractivity contribution in [1.82, 2.24) is 10.2 Å². The number of halogens is 1. The summed E-state index contributed by atoms with van der Waals surface area (Å²) in [5.74, 6) is 0.934. The van der Waals surface area contributed by atoms with Gasteiger partial charge in [0, 0.05) is 40.4 Å². The molecule has 0 bridgehead atoms. The predicted octanol–water partition coefficient (Wildman–Crippen LogP) is 1.10. The number of morpholine rings is 1. The lowest BCUT2D eigenvalue weighted by Crippen LogP contribution is -2.52. The van der Waals surface area contributed by atoms with Crippen LogP contribution in [0.3, 0.4) is 0 Å². The third kappa shape index (κ3) is 6.25. The Morgan fingerprint density at radius 2 is 2.10 bits per heavy atom. The molecule has 2 unspecified atom stereocenters. The normalized spacial score (nSPS) is 27.1. The van der Waals surface area contributed by atoms with E-state index in [1.54, 1.807) is 7.11 Å². The molecule has 0 radical (unpaired) electrons. The number of nitrogens with zero attached hydrogens (tertiary/aromatic N) is 2. The van der Waals surface area contributed by atoms with Gasteiger partial charge in [-0.25, -0.2) is 0 Å². The second-order valence-corrected chi connectivity index (χ2v) is 5.31. The van der Waals surface area contributed by atoms with Crippen molar-refractivity contribution in [2.75, 3.05) is 53.6 Å². The Morgan fingerprint density at radius 1 is 1.29 bits per heavy atom. The first-order chi connectivity index (χ1) is 9.83. The molecule has 2 fully saturated rings. The molecule has 0 saturated carbocycles. The molecule has 2 heterocycles. The first-order valence-electron chi connectivity index (χ1n) is 7.51. The fourth-order valence-electron chi connectivity index (χ4n) is 2.70. The van der Waals surface area contributed by atoms with Crippen molar-refractivity contribution in [3.63, 3.8) is 0 Å². The number of nitrogens with one attached hydrogen (secondary N) is 1. The van der Waals surface area contributed by atoms with E-state index in [0.717, 1.165) is 38.6 Å². The van der Waals surface area contributed by atoms with Crippen LogP contribution in [0.1, 0.15) is 19.3 Å². The number of hydrogen-bond donors (Lipinski definition) is 1. The smallest absolute Gasteiger partial charge is 0.193 e. The van der Waals surface area contributed by atoms with Crippen molar-refractivity contribution < 1.29 is 14.2 Å². The van der Waals surface area contributed by atoms with E-state index in [4.69, 9.17) is 14.2 Å². The predicted molar refractivity (Wildman–Crippen MR) is 93.6 cm³/mol. The Labute approximate surface area is 144 Å². The number of ether oxygens (including phenoxy) is 3. The van der Waals surface area contributed by atoms with Crippen molar-refractivity contribution in [3.05, 3.63) is 0 Å². The maximum Gasteiger partial charge on any atom is 0.193 e. The molecule has 2 aliphatic heterocycles. The second kappa shape index (κ2) is 10.6. The third-order valence-electron chi connectivity index (χ3n) is 3.76. The molecule has 0 aromatic carbocycles. The maximum atomic E-state index is 5.74. The van der Waals surface area contributed by atoms with Crippen LogP contribution in [0.25, 0.3) is 0 Å². The van der Waals surface area contributed by atoms with Gasteiger partial charge in [0.05, 0.1) is 25.4 Å². The van der Waals surface area contributed by atoms with E-state index in [1.807, 2.05) is 7.05 Å². The lowest BCUT2D eigenvalue weighted by molar-refractivity contribution is -0.0450. The maximum absolute atomic E-state index is 5.74.